The minimum atomic E-state index is -1.54. The Kier molecular flexibility index (Phi) is 6.93. The molecule has 3 aromatic rings. The van der Waals surface area contributed by atoms with Crippen LogP contribution in [0.4, 0.5) is 10.1 Å². The molecule has 7 N–H and O–H groups in total. The summed E-state index contributed by atoms with van der Waals surface area (Å²) < 4.78 is 24.9. The largest absolute Gasteiger partial charge is 0.858 e. The van der Waals surface area contributed by atoms with E-state index in [1.165, 1.54) is 25.3 Å². The van der Waals surface area contributed by atoms with Crippen molar-refractivity contribution in [2.45, 2.75) is 37.8 Å². The molecule has 0 spiro atoms. The molecular formula is C30H33FN5O4-. The number of rotatable bonds is 8. The summed E-state index contributed by atoms with van der Waals surface area (Å²) in [6.45, 7) is 3.55. The average molecular weight is 547 g/mol. The van der Waals surface area contributed by atoms with Gasteiger partial charge in [-0.3, -0.25) is 4.99 Å². The highest BCUT2D eigenvalue weighted by Gasteiger charge is 2.48. The van der Waals surface area contributed by atoms with E-state index in [9.17, 15) is 14.6 Å². The van der Waals surface area contributed by atoms with Crippen molar-refractivity contribution in [1.82, 2.24) is 4.98 Å². The van der Waals surface area contributed by atoms with Gasteiger partial charge >= 0.3 is 0 Å². The first-order valence-electron chi connectivity index (χ1n) is 13.0. The van der Waals surface area contributed by atoms with Gasteiger partial charge in [-0.1, -0.05) is 0 Å². The molecule has 0 radical (unpaired) electrons. The molecule has 1 fully saturated rings. The highest BCUT2D eigenvalue weighted by Crippen LogP contribution is 2.49. The summed E-state index contributed by atoms with van der Waals surface area (Å²) in [5, 5.41) is 25.3. The van der Waals surface area contributed by atoms with Crippen LogP contribution in [0, 0.1) is 11.7 Å². The predicted molar refractivity (Wildman–Crippen MR) is 150 cm³/mol. The lowest BCUT2D eigenvalue weighted by molar-refractivity contribution is -0.213. The first-order chi connectivity index (χ1) is 18.9. The Balaban J connectivity index is 1.58. The quantitative estimate of drug-likeness (QED) is 0.190. The van der Waals surface area contributed by atoms with Crippen molar-refractivity contribution in [1.29, 1.82) is 0 Å². The number of hydrogen-bond acceptors (Lipinski definition) is 9. The topological polar surface area (TPSA) is 165 Å². The van der Waals surface area contributed by atoms with E-state index in [1.807, 2.05) is 6.92 Å². The minimum absolute atomic E-state index is 0.152. The molecule has 0 unspecified atom stereocenters. The van der Waals surface area contributed by atoms with Gasteiger partial charge in [0.1, 0.15) is 29.5 Å². The smallest absolute Gasteiger partial charge is 0.150 e. The number of methoxy groups -OCH3 is 1. The highest BCUT2D eigenvalue weighted by atomic mass is 19.1. The Morgan fingerprint density at radius 3 is 2.62 bits per heavy atom. The predicted octanol–water partition coefficient (Wildman–Crippen LogP) is 2.77. The lowest BCUT2D eigenvalue weighted by Crippen LogP contribution is -2.37. The zero-order valence-corrected chi connectivity index (χ0v) is 22.7. The molecule has 1 aliphatic carbocycles. The van der Waals surface area contributed by atoms with E-state index in [-0.39, 0.29) is 30.5 Å². The van der Waals surface area contributed by atoms with Crippen molar-refractivity contribution in [3.63, 3.8) is 0 Å². The van der Waals surface area contributed by atoms with E-state index in [0.29, 0.717) is 51.0 Å². The van der Waals surface area contributed by atoms with Gasteiger partial charge in [-0.05, 0) is 92.6 Å². The second kappa shape index (κ2) is 10.1. The van der Waals surface area contributed by atoms with Crippen molar-refractivity contribution in [2.24, 2.45) is 22.4 Å². The fraction of sp³-hybridized carbons (Fsp3) is 0.333. The third-order valence-electron chi connectivity index (χ3n) is 7.41. The van der Waals surface area contributed by atoms with Gasteiger partial charge in [0, 0.05) is 22.4 Å². The summed E-state index contributed by atoms with van der Waals surface area (Å²) >= 11 is 0. The number of aliphatic hydroxyl groups is 1. The molecule has 5 rings (SSSR count). The van der Waals surface area contributed by atoms with Crippen molar-refractivity contribution in [3.05, 3.63) is 76.4 Å². The zero-order chi connectivity index (χ0) is 28.8. The molecule has 2 aliphatic rings. The van der Waals surface area contributed by atoms with Crippen LogP contribution in [-0.4, -0.2) is 36.2 Å². The first-order valence-corrected chi connectivity index (χ1v) is 13.0. The Morgan fingerprint density at radius 2 is 2.00 bits per heavy atom. The monoisotopic (exact) mass is 546 g/mol. The Morgan fingerprint density at radius 1 is 1.30 bits per heavy atom. The van der Waals surface area contributed by atoms with E-state index < -0.39 is 17.0 Å². The van der Waals surface area contributed by atoms with E-state index in [1.54, 1.807) is 37.3 Å². The van der Waals surface area contributed by atoms with Crippen molar-refractivity contribution in [2.75, 3.05) is 26.0 Å². The van der Waals surface area contributed by atoms with Gasteiger partial charge in [0.2, 0.25) is 0 Å². The van der Waals surface area contributed by atoms with Gasteiger partial charge in [0.25, 0.3) is 0 Å². The van der Waals surface area contributed by atoms with Gasteiger partial charge < -0.3 is 36.9 Å². The highest BCUT2D eigenvalue weighted by molar-refractivity contribution is 5.93. The molecule has 0 amide bonds. The lowest BCUT2D eigenvalue weighted by Gasteiger charge is -2.29. The van der Waals surface area contributed by atoms with Crippen LogP contribution in [0.15, 0.2) is 53.2 Å². The number of hydrogen-bond donors (Lipinski definition) is 4. The van der Waals surface area contributed by atoms with Gasteiger partial charge in [-0.15, -0.1) is 0 Å². The molecule has 10 heteroatoms. The third-order valence-corrected chi connectivity index (χ3v) is 7.41. The second-order valence-corrected chi connectivity index (χ2v) is 10.8. The molecular weight excluding hydrogens is 513 g/mol. The summed E-state index contributed by atoms with van der Waals surface area (Å²) in [5.41, 5.74) is 19.9. The van der Waals surface area contributed by atoms with Crippen LogP contribution in [0.5, 0.6) is 11.5 Å². The normalized spacial score (nSPS) is 20.6. The molecule has 2 atom stereocenters. The van der Waals surface area contributed by atoms with E-state index in [0.717, 1.165) is 12.8 Å². The molecule has 0 saturated heterocycles. The number of nitrogens with zero attached hydrogens (tertiary/aromatic N) is 2. The van der Waals surface area contributed by atoms with Crippen molar-refractivity contribution < 1.29 is 24.1 Å². The van der Waals surface area contributed by atoms with Crippen LogP contribution in [-0.2, 0) is 11.1 Å². The molecule has 2 aromatic carbocycles. The van der Waals surface area contributed by atoms with Gasteiger partial charge in [-0.25, -0.2) is 9.37 Å². The SMILES string of the molecule is COc1cc(C([O-])=NC[C@](O)(c2cc3c(c(-c4ccc(F)cc4)n2)OC[C@]3(C)N)C2CC2)cc(/C=C(/C)N)c1N. The zero-order valence-electron chi connectivity index (χ0n) is 22.7. The summed E-state index contributed by atoms with van der Waals surface area (Å²) in [5.74, 6) is -0.267. The third kappa shape index (κ3) is 5.07. The Labute approximate surface area is 232 Å². The summed E-state index contributed by atoms with van der Waals surface area (Å²) in [6, 6.07) is 10.7. The summed E-state index contributed by atoms with van der Waals surface area (Å²) in [7, 11) is 1.46. The number of benzene rings is 2. The van der Waals surface area contributed by atoms with E-state index >= 15 is 0 Å². The minimum Gasteiger partial charge on any atom is -0.858 e. The van der Waals surface area contributed by atoms with Crippen LogP contribution in [0.2, 0.25) is 0 Å². The number of pyridine rings is 1. The van der Waals surface area contributed by atoms with Crippen molar-refractivity contribution >= 4 is 17.7 Å². The average Bonchev–Trinajstić information content (AvgIpc) is 3.73. The summed E-state index contributed by atoms with van der Waals surface area (Å²) in [6.07, 6.45) is 3.15. The number of allylic oxidation sites excluding steroid dienone is 1. The number of nitrogens with two attached hydrogens (primary N) is 3. The first kappa shape index (κ1) is 27.4. The van der Waals surface area contributed by atoms with Crippen LogP contribution < -0.4 is 31.8 Å². The Bertz CT molecular complexity index is 1510. The number of aromatic nitrogens is 1. The number of halogens is 1. The van der Waals surface area contributed by atoms with Gasteiger partial charge in [0.15, 0.2) is 5.75 Å². The maximum atomic E-state index is 13.7. The second-order valence-electron chi connectivity index (χ2n) is 10.8. The van der Waals surface area contributed by atoms with E-state index in [2.05, 4.69) is 4.99 Å². The number of ether oxygens (including phenoxy) is 2. The maximum Gasteiger partial charge on any atom is 0.150 e. The molecule has 2 heterocycles. The Hall–Kier alpha value is -4.15. The standard InChI is InChI=1S/C30H34FN5O4/c1-16(32)10-18-11-19(12-23(39-3)25(18)33)28(37)35-14-30(38,20-6-7-20)24-13-22-27(40-15-29(22,2)34)26(36-24)17-4-8-21(31)9-5-17/h4-5,8-13,20,38H,6-7,14-15,32-34H2,1-3H3,(H,35,37)/p-1/b16-10-/t29-,30+/m0/s1. The molecule has 1 aliphatic heterocycles. The summed E-state index contributed by atoms with van der Waals surface area (Å²) in [4.78, 5) is 9.08. The number of fused-ring (bicyclic) bond motifs is 1. The number of aliphatic imine (C=N–C) groups is 1. The van der Waals surface area contributed by atoms with Crippen LogP contribution in [0.25, 0.3) is 17.3 Å². The molecule has 40 heavy (non-hydrogen) atoms. The fourth-order valence-corrected chi connectivity index (χ4v) is 5.00. The van der Waals surface area contributed by atoms with Crippen LogP contribution in [0.1, 0.15) is 49.1 Å². The lowest BCUT2D eigenvalue weighted by atomic mass is 9.87. The van der Waals surface area contributed by atoms with E-state index in [4.69, 9.17) is 31.7 Å². The van der Waals surface area contributed by atoms with Gasteiger partial charge in [-0.2, -0.15) is 0 Å². The molecule has 0 bridgehead atoms. The molecule has 1 saturated carbocycles. The molecule has 210 valence electrons. The van der Waals surface area contributed by atoms with Crippen LogP contribution >= 0.6 is 0 Å². The maximum absolute atomic E-state index is 13.7. The molecule has 1 aromatic heterocycles. The van der Waals surface area contributed by atoms with Crippen LogP contribution in [0.3, 0.4) is 0 Å². The van der Waals surface area contributed by atoms with Gasteiger partial charge in [0.05, 0.1) is 30.6 Å². The number of nitrogen functional groups attached to an aromatic ring is 1. The molecule has 9 nitrogen and oxygen atoms in total. The van der Waals surface area contributed by atoms with Crippen molar-refractivity contribution in [3.8, 4) is 22.8 Å². The number of anilines is 1. The fourth-order valence-electron chi connectivity index (χ4n) is 5.00.